The largest absolute Gasteiger partial charge is 0.389 e. The van der Waals surface area contributed by atoms with E-state index in [1.54, 1.807) is 17.9 Å². The van der Waals surface area contributed by atoms with Gasteiger partial charge in [0.1, 0.15) is 27.7 Å². The molecule has 170 valence electrons. The van der Waals surface area contributed by atoms with Crippen LogP contribution in [0.15, 0.2) is 30.3 Å². The molecule has 4 heterocycles. The summed E-state index contributed by atoms with van der Waals surface area (Å²) in [7, 11) is 1.78. The van der Waals surface area contributed by atoms with Crippen LogP contribution in [0.2, 0.25) is 0 Å². The van der Waals surface area contributed by atoms with Crippen molar-refractivity contribution in [1.82, 2.24) is 14.8 Å². The van der Waals surface area contributed by atoms with E-state index in [4.69, 9.17) is 16.2 Å². The van der Waals surface area contributed by atoms with Crippen LogP contribution in [-0.2, 0) is 11.8 Å². The van der Waals surface area contributed by atoms with Gasteiger partial charge in [-0.15, -0.1) is 11.3 Å². The molecular weight excluding hydrogens is 440 g/mol. The molecule has 0 radical (unpaired) electrons. The number of carbonyl (C=O) groups is 1. The lowest BCUT2D eigenvalue weighted by atomic mass is 9.98. The maximum atomic E-state index is 14.3. The van der Waals surface area contributed by atoms with Crippen LogP contribution in [0.1, 0.15) is 27.8 Å². The number of nitrogens with zero attached hydrogens (tertiary/aromatic N) is 4. The molecule has 1 aliphatic carbocycles. The van der Waals surface area contributed by atoms with Gasteiger partial charge in [-0.05, 0) is 18.6 Å². The molecule has 0 spiro atoms. The van der Waals surface area contributed by atoms with E-state index in [1.807, 2.05) is 0 Å². The topological polar surface area (TPSA) is 124 Å². The number of morpholine rings is 1. The number of alkyl halides is 1. The van der Waals surface area contributed by atoms with Crippen molar-refractivity contribution >= 4 is 33.8 Å². The minimum atomic E-state index is -1.57. The number of anilines is 3. The Morgan fingerprint density at radius 2 is 2.22 bits per heavy atom. The highest BCUT2D eigenvalue weighted by atomic mass is 32.1. The number of aromatic nitrogens is 3. The molecule has 0 aromatic carbocycles. The number of amides is 1. The Hall–Kier alpha value is -2.83. The monoisotopic (exact) mass is 463 g/mol. The number of halogens is 2. The minimum absolute atomic E-state index is 0.0205. The number of ether oxygens (including phenoxy) is 1. The number of nitrogens with one attached hydrogen (secondary N) is 1. The maximum absolute atomic E-state index is 14.3. The molecule has 2 aliphatic heterocycles. The van der Waals surface area contributed by atoms with Crippen molar-refractivity contribution in [2.45, 2.75) is 36.8 Å². The molecule has 2 saturated heterocycles. The molecule has 1 amide bonds. The summed E-state index contributed by atoms with van der Waals surface area (Å²) in [4.78, 5) is 19.2. The van der Waals surface area contributed by atoms with E-state index in [0.717, 1.165) is 23.6 Å². The predicted molar refractivity (Wildman–Crippen MR) is 117 cm³/mol. The van der Waals surface area contributed by atoms with Crippen molar-refractivity contribution in [2.24, 2.45) is 12.8 Å². The van der Waals surface area contributed by atoms with E-state index < -0.39 is 23.8 Å². The third-order valence-electron chi connectivity index (χ3n) is 5.98. The number of aryl methyl sites for hydroxylation is 1. The molecule has 5 N–H and O–H groups in total. The lowest BCUT2D eigenvalue weighted by molar-refractivity contribution is 0.0268. The van der Waals surface area contributed by atoms with Crippen LogP contribution in [0.4, 0.5) is 25.3 Å². The predicted octanol–water partition coefficient (Wildman–Crippen LogP) is 1.86. The van der Waals surface area contributed by atoms with Gasteiger partial charge in [0.25, 0.3) is 5.91 Å². The van der Waals surface area contributed by atoms with Gasteiger partial charge in [0, 0.05) is 26.2 Å². The second-order valence-corrected chi connectivity index (χ2v) is 9.25. The van der Waals surface area contributed by atoms with Gasteiger partial charge in [-0.3, -0.25) is 9.48 Å². The smallest absolute Gasteiger partial charge is 0.277 e. The zero-order chi connectivity index (χ0) is 22.6. The highest BCUT2D eigenvalue weighted by Crippen LogP contribution is 2.39. The maximum Gasteiger partial charge on any atom is 0.277 e. The molecule has 2 fully saturated rings. The number of carbonyl (C=O) groups excluding carboxylic acids is 1. The van der Waals surface area contributed by atoms with E-state index in [2.05, 4.69) is 20.3 Å². The molecule has 12 heteroatoms. The molecule has 3 aliphatic rings. The Morgan fingerprint density at radius 3 is 2.97 bits per heavy atom. The SMILES string of the molecule is Cn1ncc(NC(=O)c2nc(C3C(F)=CC=CC3F)sc2N)c1N1C[C@H]2C[C@H](N)[C@@H](C1)O2. The Morgan fingerprint density at radius 1 is 1.41 bits per heavy atom. The van der Waals surface area contributed by atoms with E-state index in [9.17, 15) is 13.6 Å². The highest BCUT2D eigenvalue weighted by Gasteiger charge is 2.41. The average Bonchev–Trinajstić information content (AvgIpc) is 3.37. The molecule has 2 unspecified atom stereocenters. The molecule has 5 atom stereocenters. The zero-order valence-corrected chi connectivity index (χ0v) is 18.1. The summed E-state index contributed by atoms with van der Waals surface area (Å²) in [5, 5.41) is 7.28. The summed E-state index contributed by atoms with van der Waals surface area (Å²) in [6.07, 6.45) is 4.45. The van der Waals surface area contributed by atoms with Crippen LogP contribution in [-0.4, -0.2) is 58.2 Å². The summed E-state index contributed by atoms with van der Waals surface area (Å²) in [5.41, 5.74) is 12.5. The summed E-state index contributed by atoms with van der Waals surface area (Å²) >= 11 is 0.903. The Bertz CT molecular complexity index is 1110. The second-order valence-electron chi connectivity index (χ2n) is 8.18. The lowest BCUT2D eigenvalue weighted by Crippen LogP contribution is -2.46. The van der Waals surface area contributed by atoms with Crippen LogP contribution in [0.3, 0.4) is 0 Å². The van der Waals surface area contributed by atoms with Gasteiger partial charge in [-0.25, -0.2) is 13.8 Å². The molecule has 5 rings (SSSR count). The average molecular weight is 464 g/mol. The number of nitrogens with two attached hydrogens (primary N) is 2. The van der Waals surface area contributed by atoms with Crippen LogP contribution in [0.5, 0.6) is 0 Å². The van der Waals surface area contributed by atoms with E-state index in [-0.39, 0.29) is 34.0 Å². The Kier molecular flexibility index (Phi) is 5.22. The third-order valence-corrected chi connectivity index (χ3v) is 6.94. The fraction of sp³-hybridized carbons (Fsp3) is 0.450. The van der Waals surface area contributed by atoms with Gasteiger partial charge in [-0.1, -0.05) is 6.08 Å². The molecule has 2 aromatic heterocycles. The first-order valence-corrected chi connectivity index (χ1v) is 11.1. The van der Waals surface area contributed by atoms with Gasteiger partial charge in [0.2, 0.25) is 0 Å². The van der Waals surface area contributed by atoms with Crippen molar-refractivity contribution in [2.75, 3.05) is 29.0 Å². The van der Waals surface area contributed by atoms with Crippen molar-refractivity contribution < 1.29 is 18.3 Å². The first kappa shape index (κ1) is 21.0. The number of allylic oxidation sites excluding steroid dienone is 4. The van der Waals surface area contributed by atoms with Gasteiger partial charge in [0.05, 0.1) is 24.3 Å². The zero-order valence-electron chi connectivity index (χ0n) is 17.2. The number of nitrogen functional groups attached to an aromatic ring is 1. The van der Waals surface area contributed by atoms with Crippen LogP contribution >= 0.6 is 11.3 Å². The van der Waals surface area contributed by atoms with Gasteiger partial charge >= 0.3 is 0 Å². The van der Waals surface area contributed by atoms with Crippen molar-refractivity contribution in [3.8, 4) is 0 Å². The number of hydrogen-bond acceptors (Lipinski definition) is 8. The molecular formula is C20H23F2N7O2S. The number of hydrogen-bond donors (Lipinski definition) is 3. The molecule has 2 aromatic rings. The van der Waals surface area contributed by atoms with Gasteiger partial charge in [0.15, 0.2) is 11.5 Å². The normalized spacial score (nSPS) is 29.3. The van der Waals surface area contributed by atoms with E-state index in [1.165, 1.54) is 18.2 Å². The summed E-state index contributed by atoms with van der Waals surface area (Å²) in [6, 6.07) is -0.0205. The minimum Gasteiger partial charge on any atom is -0.389 e. The highest BCUT2D eigenvalue weighted by molar-refractivity contribution is 7.16. The summed E-state index contributed by atoms with van der Waals surface area (Å²) in [5.74, 6) is -1.71. The second kappa shape index (κ2) is 7.94. The third kappa shape index (κ3) is 3.57. The number of rotatable bonds is 4. The van der Waals surface area contributed by atoms with E-state index >= 15 is 0 Å². The summed E-state index contributed by atoms with van der Waals surface area (Å²) < 4.78 is 36.0. The fourth-order valence-electron chi connectivity index (χ4n) is 4.46. The summed E-state index contributed by atoms with van der Waals surface area (Å²) in [6.45, 7) is 1.22. The van der Waals surface area contributed by atoms with Crippen molar-refractivity contribution in [1.29, 1.82) is 0 Å². The number of fused-ring (bicyclic) bond motifs is 2. The van der Waals surface area contributed by atoms with Crippen LogP contribution < -0.4 is 21.7 Å². The standard InChI is InChI=1S/C20H23F2N7O2S/c1-28-20(29-7-9-5-12(23)14(8-29)31-9)13(6-25-28)26-18(30)16-17(24)32-19(27-16)15-10(21)3-2-4-11(15)22/h2-4,6,9-10,12,14-15H,5,7-8,23-24H2,1H3,(H,26,30)/t9-,10?,12+,14-,15?/m1/s1. The number of thiazole rings is 1. The lowest BCUT2D eigenvalue weighted by Gasteiger charge is -2.34. The van der Waals surface area contributed by atoms with Crippen molar-refractivity contribution in [3.63, 3.8) is 0 Å². The Labute approximate surface area is 186 Å². The van der Waals surface area contributed by atoms with Gasteiger partial charge < -0.3 is 26.4 Å². The molecule has 2 bridgehead atoms. The first-order valence-electron chi connectivity index (χ1n) is 10.2. The molecule has 32 heavy (non-hydrogen) atoms. The van der Waals surface area contributed by atoms with E-state index in [0.29, 0.717) is 18.8 Å². The van der Waals surface area contributed by atoms with Crippen LogP contribution in [0, 0.1) is 0 Å². The van der Waals surface area contributed by atoms with Crippen LogP contribution in [0.25, 0.3) is 0 Å². The Balaban J connectivity index is 1.37. The fourth-order valence-corrected chi connectivity index (χ4v) is 5.43. The molecule has 9 nitrogen and oxygen atoms in total. The first-order chi connectivity index (χ1) is 15.3. The van der Waals surface area contributed by atoms with Crippen molar-refractivity contribution in [3.05, 3.63) is 41.0 Å². The molecule has 0 saturated carbocycles. The quantitative estimate of drug-likeness (QED) is 0.632. The van der Waals surface area contributed by atoms with Gasteiger partial charge in [-0.2, -0.15) is 5.10 Å².